The van der Waals surface area contributed by atoms with Crippen LogP contribution in [-0.2, 0) is 6.54 Å². The molecule has 0 aliphatic carbocycles. The third-order valence-electron chi connectivity index (χ3n) is 3.58. The summed E-state index contributed by atoms with van der Waals surface area (Å²) in [5.74, 6) is 0.892. The Balaban J connectivity index is 1.91. The second kappa shape index (κ2) is 6.16. The third kappa shape index (κ3) is 3.21. The zero-order valence-electron chi connectivity index (χ0n) is 11.6. The minimum absolute atomic E-state index is 0.650. The molecule has 1 aromatic heterocycles. The van der Waals surface area contributed by atoms with E-state index in [9.17, 15) is 0 Å². The van der Waals surface area contributed by atoms with Crippen molar-refractivity contribution in [2.24, 2.45) is 0 Å². The molecule has 0 spiro atoms. The van der Waals surface area contributed by atoms with Gasteiger partial charge in [0.05, 0.1) is 12.8 Å². The summed E-state index contributed by atoms with van der Waals surface area (Å²) in [4.78, 5) is 9.39. The number of rotatable bonds is 4. The molecule has 1 aromatic rings. The molecule has 0 bridgehead atoms. The highest BCUT2D eigenvalue weighted by Gasteiger charge is 2.19. The van der Waals surface area contributed by atoms with Crippen molar-refractivity contribution in [2.75, 3.05) is 33.3 Å². The Kier molecular flexibility index (Phi) is 4.55. The van der Waals surface area contributed by atoms with Gasteiger partial charge in [0.25, 0.3) is 0 Å². The summed E-state index contributed by atoms with van der Waals surface area (Å²) in [5, 5.41) is 0. The van der Waals surface area contributed by atoms with E-state index in [1.807, 2.05) is 18.3 Å². The molecule has 4 heteroatoms. The number of pyridine rings is 1. The maximum atomic E-state index is 5.35. The summed E-state index contributed by atoms with van der Waals surface area (Å²) >= 11 is 0. The Labute approximate surface area is 110 Å². The fraction of sp³-hybridized carbons (Fsp3) is 0.643. The highest BCUT2D eigenvalue weighted by Crippen LogP contribution is 2.17. The van der Waals surface area contributed by atoms with Gasteiger partial charge in [-0.15, -0.1) is 0 Å². The first-order valence-corrected chi connectivity index (χ1v) is 6.65. The van der Waals surface area contributed by atoms with Crippen molar-refractivity contribution in [2.45, 2.75) is 26.4 Å². The van der Waals surface area contributed by atoms with E-state index in [1.165, 1.54) is 0 Å². The molecule has 0 atom stereocenters. The zero-order valence-corrected chi connectivity index (χ0v) is 11.6. The lowest BCUT2D eigenvalue weighted by Gasteiger charge is -2.36. The van der Waals surface area contributed by atoms with E-state index >= 15 is 0 Å². The lowest BCUT2D eigenvalue weighted by molar-refractivity contribution is 0.102. The van der Waals surface area contributed by atoms with Gasteiger partial charge in [-0.05, 0) is 26.0 Å². The number of piperazine rings is 1. The van der Waals surface area contributed by atoms with Crippen LogP contribution in [0.5, 0.6) is 5.75 Å². The predicted octanol–water partition coefficient (Wildman–Crippen LogP) is 1.62. The number of ether oxygens (including phenoxy) is 1. The molecule has 2 heterocycles. The summed E-state index contributed by atoms with van der Waals surface area (Å²) in [7, 11) is 1.71. The van der Waals surface area contributed by atoms with Crippen LogP contribution in [0.3, 0.4) is 0 Å². The van der Waals surface area contributed by atoms with E-state index in [0.717, 1.165) is 44.2 Å². The molecule has 1 aliphatic heterocycles. The molecule has 0 aromatic carbocycles. The van der Waals surface area contributed by atoms with Gasteiger partial charge < -0.3 is 4.74 Å². The van der Waals surface area contributed by atoms with Gasteiger partial charge >= 0.3 is 0 Å². The van der Waals surface area contributed by atoms with E-state index in [1.54, 1.807) is 7.11 Å². The van der Waals surface area contributed by atoms with Crippen LogP contribution in [0.25, 0.3) is 0 Å². The van der Waals surface area contributed by atoms with Crippen LogP contribution in [-0.4, -0.2) is 54.1 Å². The largest absolute Gasteiger partial charge is 0.495 e. The first-order chi connectivity index (χ1) is 8.70. The molecule has 4 nitrogen and oxygen atoms in total. The Morgan fingerprint density at radius 2 is 2.00 bits per heavy atom. The minimum atomic E-state index is 0.650. The fourth-order valence-corrected chi connectivity index (χ4v) is 2.38. The summed E-state index contributed by atoms with van der Waals surface area (Å²) in [6.07, 6.45) is 1.84. The topological polar surface area (TPSA) is 28.6 Å². The average Bonchev–Trinajstić information content (AvgIpc) is 2.40. The molecule has 18 heavy (non-hydrogen) atoms. The van der Waals surface area contributed by atoms with Gasteiger partial charge in [0, 0.05) is 45.0 Å². The molecule has 0 radical (unpaired) electrons. The molecule has 100 valence electrons. The molecule has 0 N–H and O–H groups in total. The Morgan fingerprint density at radius 1 is 1.28 bits per heavy atom. The zero-order chi connectivity index (χ0) is 13.0. The van der Waals surface area contributed by atoms with Gasteiger partial charge in [-0.2, -0.15) is 0 Å². The van der Waals surface area contributed by atoms with Crippen molar-refractivity contribution in [3.63, 3.8) is 0 Å². The van der Waals surface area contributed by atoms with Gasteiger partial charge in [0.2, 0.25) is 0 Å². The van der Waals surface area contributed by atoms with Crippen LogP contribution in [0, 0.1) is 0 Å². The van der Waals surface area contributed by atoms with Crippen molar-refractivity contribution in [1.29, 1.82) is 0 Å². The minimum Gasteiger partial charge on any atom is -0.495 e. The molecule has 1 fully saturated rings. The molecule has 1 saturated heterocycles. The van der Waals surface area contributed by atoms with Crippen molar-refractivity contribution in [3.8, 4) is 5.75 Å². The SMILES string of the molecule is COc1cccnc1CN1CCN(C(C)C)CC1. The van der Waals surface area contributed by atoms with E-state index in [4.69, 9.17) is 4.74 Å². The number of hydrogen-bond acceptors (Lipinski definition) is 4. The predicted molar refractivity (Wildman–Crippen MR) is 72.8 cm³/mol. The van der Waals surface area contributed by atoms with E-state index < -0.39 is 0 Å². The number of nitrogens with zero attached hydrogens (tertiary/aromatic N) is 3. The van der Waals surface area contributed by atoms with Crippen molar-refractivity contribution in [1.82, 2.24) is 14.8 Å². The van der Waals surface area contributed by atoms with E-state index in [0.29, 0.717) is 6.04 Å². The van der Waals surface area contributed by atoms with Gasteiger partial charge in [-0.25, -0.2) is 0 Å². The van der Waals surface area contributed by atoms with Crippen molar-refractivity contribution < 1.29 is 4.74 Å². The smallest absolute Gasteiger partial charge is 0.141 e. The average molecular weight is 249 g/mol. The van der Waals surface area contributed by atoms with Crippen LogP contribution in [0.1, 0.15) is 19.5 Å². The molecule has 1 aliphatic rings. The first-order valence-electron chi connectivity index (χ1n) is 6.65. The monoisotopic (exact) mass is 249 g/mol. The maximum absolute atomic E-state index is 5.35. The Hall–Kier alpha value is -1.13. The van der Waals surface area contributed by atoms with Crippen molar-refractivity contribution >= 4 is 0 Å². The number of methoxy groups -OCH3 is 1. The van der Waals surface area contributed by atoms with E-state index in [-0.39, 0.29) is 0 Å². The second-order valence-electron chi connectivity index (χ2n) is 5.06. The molecule has 0 unspecified atom stereocenters. The maximum Gasteiger partial charge on any atom is 0.141 e. The lowest BCUT2D eigenvalue weighted by Crippen LogP contribution is -2.48. The lowest BCUT2D eigenvalue weighted by atomic mass is 10.2. The quantitative estimate of drug-likeness (QED) is 0.810. The van der Waals surface area contributed by atoms with Gasteiger partial charge in [0.15, 0.2) is 0 Å². The van der Waals surface area contributed by atoms with E-state index in [2.05, 4.69) is 28.6 Å². The normalized spacial score (nSPS) is 18.2. The summed E-state index contributed by atoms with van der Waals surface area (Å²) in [6, 6.07) is 4.54. The first kappa shape index (κ1) is 13.3. The summed E-state index contributed by atoms with van der Waals surface area (Å²) in [6.45, 7) is 9.92. The summed E-state index contributed by atoms with van der Waals surface area (Å²) < 4.78 is 5.35. The summed E-state index contributed by atoms with van der Waals surface area (Å²) in [5.41, 5.74) is 1.04. The molecular weight excluding hydrogens is 226 g/mol. The van der Waals surface area contributed by atoms with Gasteiger partial charge in [-0.1, -0.05) is 0 Å². The molecule has 2 rings (SSSR count). The fourth-order valence-electron chi connectivity index (χ4n) is 2.38. The number of hydrogen-bond donors (Lipinski definition) is 0. The molecule has 0 amide bonds. The van der Waals surface area contributed by atoms with Gasteiger partial charge in [-0.3, -0.25) is 14.8 Å². The Bertz CT molecular complexity index is 373. The standard InChI is InChI=1S/C14H23N3O/c1-12(2)17-9-7-16(8-10-17)11-13-14(18-3)5-4-6-15-13/h4-6,12H,7-11H2,1-3H3. The highest BCUT2D eigenvalue weighted by molar-refractivity contribution is 5.26. The highest BCUT2D eigenvalue weighted by atomic mass is 16.5. The van der Waals surface area contributed by atoms with Crippen LogP contribution < -0.4 is 4.74 Å². The second-order valence-corrected chi connectivity index (χ2v) is 5.06. The number of aromatic nitrogens is 1. The van der Waals surface area contributed by atoms with Gasteiger partial charge in [0.1, 0.15) is 5.75 Å². The van der Waals surface area contributed by atoms with Crippen LogP contribution >= 0.6 is 0 Å². The van der Waals surface area contributed by atoms with Crippen LogP contribution in [0.2, 0.25) is 0 Å². The Morgan fingerprint density at radius 3 is 2.61 bits per heavy atom. The van der Waals surface area contributed by atoms with Crippen LogP contribution in [0.15, 0.2) is 18.3 Å². The molecule has 0 saturated carbocycles. The van der Waals surface area contributed by atoms with Crippen molar-refractivity contribution in [3.05, 3.63) is 24.0 Å². The molecular formula is C14H23N3O. The third-order valence-corrected chi connectivity index (χ3v) is 3.58. The van der Waals surface area contributed by atoms with Crippen LogP contribution in [0.4, 0.5) is 0 Å².